The van der Waals surface area contributed by atoms with Crippen LogP contribution in [0.3, 0.4) is 0 Å². The molecule has 0 aromatic heterocycles. The second kappa shape index (κ2) is 53.8. The lowest BCUT2D eigenvalue weighted by Gasteiger charge is -2.18. The van der Waals surface area contributed by atoms with E-state index in [2.05, 4.69) is 32.9 Å². The number of ether oxygens (including phenoxy) is 3. The average Bonchev–Trinajstić information content (AvgIpc) is 3.29. The summed E-state index contributed by atoms with van der Waals surface area (Å²) in [6, 6.07) is 0. The zero-order valence-electron chi connectivity index (χ0n) is 43.3. The summed E-state index contributed by atoms with van der Waals surface area (Å²) in [4.78, 5) is 38.1. The van der Waals surface area contributed by atoms with Crippen molar-refractivity contribution in [1.29, 1.82) is 0 Å². The fourth-order valence-corrected chi connectivity index (χ4v) is 8.68. The fourth-order valence-electron chi connectivity index (χ4n) is 8.68. The maximum atomic E-state index is 12.8. The van der Waals surface area contributed by atoms with E-state index in [1.165, 1.54) is 212 Å². The Balaban J connectivity index is 4.29. The van der Waals surface area contributed by atoms with E-state index in [0.29, 0.717) is 19.3 Å². The Morgan fingerprint density at radius 2 is 0.516 bits per heavy atom. The van der Waals surface area contributed by atoms with E-state index < -0.39 is 6.10 Å². The SMILES string of the molecule is CCCCCCCCC/C=C\CCCCCC(=O)OC(COC(=O)CCCCCCCCCCCCCCC)COC(=O)CCCCCCCCCCCCCCCCCCCCC. The molecular formula is C58H110O6. The highest BCUT2D eigenvalue weighted by Gasteiger charge is 2.19. The van der Waals surface area contributed by atoms with Crippen LogP contribution in [0.5, 0.6) is 0 Å². The summed E-state index contributed by atoms with van der Waals surface area (Å²) < 4.78 is 16.9. The van der Waals surface area contributed by atoms with Crippen LogP contribution in [-0.4, -0.2) is 37.2 Å². The number of carbonyl (C=O) groups is 3. The van der Waals surface area contributed by atoms with Crippen molar-refractivity contribution < 1.29 is 28.6 Å². The highest BCUT2D eigenvalue weighted by Crippen LogP contribution is 2.17. The van der Waals surface area contributed by atoms with E-state index in [-0.39, 0.29) is 31.1 Å². The molecule has 0 amide bonds. The molecule has 0 spiro atoms. The summed E-state index contributed by atoms with van der Waals surface area (Å²) in [5.74, 6) is -0.863. The van der Waals surface area contributed by atoms with Crippen molar-refractivity contribution in [2.45, 2.75) is 329 Å². The molecule has 6 nitrogen and oxygen atoms in total. The standard InChI is InChI=1S/C58H110O6/c1-4-7-10-13-16-19-22-25-27-28-29-30-31-34-36-39-42-45-48-51-57(60)63-54-55(53-62-56(59)50-47-44-41-38-35-32-24-21-18-15-12-9-6-3)64-58(61)52-49-46-43-40-37-33-26-23-20-17-14-11-8-5-2/h33,37,55H,4-32,34-36,38-54H2,1-3H3/b37-33-. The Kier molecular flexibility index (Phi) is 52.2. The minimum atomic E-state index is -0.772. The second-order valence-corrected chi connectivity index (χ2v) is 19.6. The third kappa shape index (κ3) is 51.1. The van der Waals surface area contributed by atoms with Crippen LogP contribution in [0, 0.1) is 0 Å². The van der Waals surface area contributed by atoms with Crippen molar-refractivity contribution in [3.8, 4) is 0 Å². The van der Waals surface area contributed by atoms with Crippen LogP contribution >= 0.6 is 0 Å². The third-order valence-electron chi connectivity index (χ3n) is 13.0. The van der Waals surface area contributed by atoms with Gasteiger partial charge in [-0.1, -0.05) is 270 Å². The smallest absolute Gasteiger partial charge is 0.306 e. The van der Waals surface area contributed by atoms with Crippen LogP contribution in [0.4, 0.5) is 0 Å². The largest absolute Gasteiger partial charge is 0.462 e. The molecule has 0 aliphatic heterocycles. The lowest BCUT2D eigenvalue weighted by Crippen LogP contribution is -2.30. The molecule has 0 aromatic rings. The molecular weight excluding hydrogens is 793 g/mol. The first kappa shape index (κ1) is 62.1. The van der Waals surface area contributed by atoms with Crippen molar-refractivity contribution in [2.75, 3.05) is 13.2 Å². The van der Waals surface area contributed by atoms with E-state index in [1.54, 1.807) is 0 Å². The molecule has 6 heteroatoms. The summed E-state index contributed by atoms with van der Waals surface area (Å²) in [6.07, 6.45) is 60.6. The number of esters is 3. The summed E-state index contributed by atoms with van der Waals surface area (Å²) in [5.41, 5.74) is 0. The van der Waals surface area contributed by atoms with Crippen molar-refractivity contribution in [1.82, 2.24) is 0 Å². The van der Waals surface area contributed by atoms with Gasteiger partial charge >= 0.3 is 17.9 Å². The Morgan fingerprint density at radius 3 is 0.797 bits per heavy atom. The highest BCUT2D eigenvalue weighted by atomic mass is 16.6. The summed E-state index contributed by atoms with van der Waals surface area (Å²) in [5, 5.41) is 0. The molecule has 0 heterocycles. The van der Waals surface area contributed by atoms with Crippen LogP contribution in [0.1, 0.15) is 323 Å². The highest BCUT2D eigenvalue weighted by molar-refractivity contribution is 5.71. The van der Waals surface area contributed by atoms with E-state index in [9.17, 15) is 14.4 Å². The Bertz CT molecular complexity index is 993. The molecule has 0 saturated heterocycles. The number of carbonyl (C=O) groups excluding carboxylic acids is 3. The topological polar surface area (TPSA) is 78.9 Å². The monoisotopic (exact) mass is 903 g/mol. The molecule has 378 valence electrons. The van der Waals surface area contributed by atoms with Gasteiger partial charge in [0.2, 0.25) is 0 Å². The van der Waals surface area contributed by atoms with E-state index in [4.69, 9.17) is 14.2 Å². The number of unbranched alkanes of at least 4 members (excludes halogenated alkanes) is 40. The van der Waals surface area contributed by atoms with Crippen molar-refractivity contribution in [3.63, 3.8) is 0 Å². The summed E-state index contributed by atoms with van der Waals surface area (Å²) in [6.45, 7) is 6.68. The van der Waals surface area contributed by atoms with Gasteiger partial charge in [0.05, 0.1) is 0 Å². The summed E-state index contributed by atoms with van der Waals surface area (Å²) in [7, 11) is 0. The van der Waals surface area contributed by atoms with Crippen molar-refractivity contribution >= 4 is 17.9 Å². The molecule has 0 fully saturated rings. The number of rotatable bonds is 53. The summed E-state index contributed by atoms with van der Waals surface area (Å²) >= 11 is 0. The third-order valence-corrected chi connectivity index (χ3v) is 13.0. The predicted octanol–water partition coefficient (Wildman–Crippen LogP) is 18.9. The molecule has 0 bridgehead atoms. The lowest BCUT2D eigenvalue weighted by molar-refractivity contribution is -0.167. The van der Waals surface area contributed by atoms with Gasteiger partial charge in [-0.2, -0.15) is 0 Å². The van der Waals surface area contributed by atoms with Crippen LogP contribution in [0.2, 0.25) is 0 Å². The van der Waals surface area contributed by atoms with Crippen molar-refractivity contribution in [2.24, 2.45) is 0 Å². The van der Waals surface area contributed by atoms with Gasteiger partial charge < -0.3 is 14.2 Å². The number of hydrogen-bond acceptors (Lipinski definition) is 6. The molecule has 0 N–H and O–H groups in total. The first-order valence-electron chi connectivity index (χ1n) is 28.7. The first-order chi connectivity index (χ1) is 31.5. The van der Waals surface area contributed by atoms with E-state index in [1.807, 2.05) is 0 Å². The number of allylic oxidation sites excluding steroid dienone is 2. The van der Waals surface area contributed by atoms with E-state index >= 15 is 0 Å². The van der Waals surface area contributed by atoms with Gasteiger partial charge in [0.15, 0.2) is 6.10 Å². The van der Waals surface area contributed by atoms with Gasteiger partial charge in [-0.15, -0.1) is 0 Å². The zero-order chi connectivity index (χ0) is 46.5. The Hall–Kier alpha value is -1.85. The van der Waals surface area contributed by atoms with Crippen LogP contribution in [-0.2, 0) is 28.6 Å². The van der Waals surface area contributed by atoms with Crippen molar-refractivity contribution in [3.05, 3.63) is 12.2 Å². The van der Waals surface area contributed by atoms with Gasteiger partial charge in [-0.05, 0) is 44.9 Å². The molecule has 64 heavy (non-hydrogen) atoms. The lowest BCUT2D eigenvalue weighted by atomic mass is 10.0. The van der Waals surface area contributed by atoms with Crippen LogP contribution < -0.4 is 0 Å². The molecule has 1 atom stereocenters. The molecule has 0 saturated carbocycles. The number of hydrogen-bond donors (Lipinski definition) is 0. The first-order valence-corrected chi connectivity index (χ1v) is 28.7. The van der Waals surface area contributed by atoms with Gasteiger partial charge in [0.25, 0.3) is 0 Å². The average molecular weight is 904 g/mol. The normalized spacial score (nSPS) is 12.0. The second-order valence-electron chi connectivity index (χ2n) is 19.6. The Morgan fingerprint density at radius 1 is 0.297 bits per heavy atom. The molecule has 0 aliphatic rings. The van der Waals surface area contributed by atoms with Gasteiger partial charge in [-0.25, -0.2) is 0 Å². The minimum Gasteiger partial charge on any atom is -0.462 e. The van der Waals surface area contributed by atoms with E-state index in [0.717, 1.165) is 70.6 Å². The van der Waals surface area contributed by atoms with Crippen LogP contribution in [0.25, 0.3) is 0 Å². The molecule has 0 aromatic carbocycles. The molecule has 0 aliphatic carbocycles. The van der Waals surface area contributed by atoms with Gasteiger partial charge in [0.1, 0.15) is 13.2 Å². The minimum absolute atomic E-state index is 0.0702. The maximum Gasteiger partial charge on any atom is 0.306 e. The molecule has 0 rings (SSSR count). The zero-order valence-corrected chi connectivity index (χ0v) is 43.3. The maximum absolute atomic E-state index is 12.8. The predicted molar refractivity (Wildman–Crippen MR) is 275 cm³/mol. The van der Waals surface area contributed by atoms with Crippen LogP contribution in [0.15, 0.2) is 12.2 Å². The molecule has 0 radical (unpaired) electrons. The Labute approximate surface area is 399 Å². The van der Waals surface area contributed by atoms with Gasteiger partial charge in [0, 0.05) is 19.3 Å². The quantitative estimate of drug-likeness (QED) is 0.0262. The molecule has 1 unspecified atom stereocenters. The van der Waals surface area contributed by atoms with Gasteiger partial charge in [-0.3, -0.25) is 14.4 Å². The fraction of sp³-hybridized carbons (Fsp3) is 0.914.